The van der Waals surface area contributed by atoms with E-state index in [1.807, 2.05) is 11.6 Å². The Bertz CT molecular complexity index is 489. The summed E-state index contributed by atoms with van der Waals surface area (Å²) in [7, 11) is 0. The van der Waals surface area contributed by atoms with Gasteiger partial charge in [-0.25, -0.2) is 15.5 Å². The van der Waals surface area contributed by atoms with Crippen molar-refractivity contribution in [2.45, 2.75) is 33.2 Å². The third-order valence-corrected chi connectivity index (χ3v) is 3.14. The number of nitrogens with one attached hydrogen (secondary N) is 1. The molecule has 17 heavy (non-hydrogen) atoms. The Morgan fingerprint density at radius 3 is 2.71 bits per heavy atom. The number of anilines is 1. The van der Waals surface area contributed by atoms with Gasteiger partial charge in [0, 0.05) is 12.8 Å². The predicted molar refractivity (Wildman–Crippen MR) is 65.6 cm³/mol. The second kappa shape index (κ2) is 5.19. The van der Waals surface area contributed by atoms with Crippen LogP contribution in [-0.2, 0) is 19.4 Å². The van der Waals surface area contributed by atoms with Gasteiger partial charge in [-0.05, 0) is 0 Å². The Labute approximate surface area is 103 Å². The standard InChI is InChI=1S/C9H15N7S/c1-3-6-11-7(4-2)16(15-6)5-8-13-14-9(12-10)17-8/h3-5,10H2,1-2H3,(H,12,14). The van der Waals surface area contributed by atoms with Crippen LogP contribution in [0.5, 0.6) is 0 Å². The molecule has 92 valence electrons. The number of rotatable bonds is 5. The Kier molecular flexibility index (Phi) is 3.64. The summed E-state index contributed by atoms with van der Waals surface area (Å²) in [6, 6.07) is 0. The zero-order valence-electron chi connectivity index (χ0n) is 9.84. The van der Waals surface area contributed by atoms with Crippen molar-refractivity contribution in [1.29, 1.82) is 0 Å². The van der Waals surface area contributed by atoms with Gasteiger partial charge in [0.15, 0.2) is 5.82 Å². The van der Waals surface area contributed by atoms with Crippen molar-refractivity contribution in [1.82, 2.24) is 25.0 Å². The second-order valence-corrected chi connectivity index (χ2v) is 4.52. The fourth-order valence-corrected chi connectivity index (χ4v) is 2.10. The number of hydrazine groups is 1. The first-order valence-electron chi connectivity index (χ1n) is 5.48. The lowest BCUT2D eigenvalue weighted by atomic mass is 10.4. The first kappa shape index (κ1) is 11.9. The van der Waals surface area contributed by atoms with Crippen LogP contribution < -0.4 is 11.3 Å². The minimum Gasteiger partial charge on any atom is -0.298 e. The van der Waals surface area contributed by atoms with E-state index < -0.39 is 0 Å². The number of aromatic nitrogens is 5. The lowest BCUT2D eigenvalue weighted by Crippen LogP contribution is -2.06. The molecular weight excluding hydrogens is 238 g/mol. The maximum Gasteiger partial charge on any atom is 0.219 e. The number of hydrogen-bond acceptors (Lipinski definition) is 7. The molecule has 8 heteroatoms. The molecule has 0 aliphatic rings. The molecule has 0 aliphatic heterocycles. The molecule has 0 unspecified atom stereocenters. The number of hydrogen-bond donors (Lipinski definition) is 2. The number of nitrogens with zero attached hydrogens (tertiary/aromatic N) is 5. The molecular formula is C9H15N7S. The molecule has 2 rings (SSSR count). The molecule has 2 aromatic rings. The monoisotopic (exact) mass is 253 g/mol. The normalized spacial score (nSPS) is 10.8. The predicted octanol–water partition coefficient (Wildman–Crippen LogP) is 0.588. The summed E-state index contributed by atoms with van der Waals surface area (Å²) in [6.45, 7) is 4.70. The topological polar surface area (TPSA) is 94.5 Å². The van der Waals surface area contributed by atoms with Gasteiger partial charge >= 0.3 is 0 Å². The van der Waals surface area contributed by atoms with Crippen molar-refractivity contribution >= 4 is 16.5 Å². The Balaban J connectivity index is 2.19. The number of nitrogen functional groups attached to an aromatic ring is 1. The van der Waals surface area contributed by atoms with E-state index in [4.69, 9.17) is 5.84 Å². The van der Waals surface area contributed by atoms with Crippen molar-refractivity contribution in [2.24, 2.45) is 5.84 Å². The van der Waals surface area contributed by atoms with Gasteiger partial charge in [-0.1, -0.05) is 25.2 Å². The molecule has 7 nitrogen and oxygen atoms in total. The van der Waals surface area contributed by atoms with Gasteiger partial charge in [-0.2, -0.15) is 5.10 Å². The van der Waals surface area contributed by atoms with Crippen LogP contribution >= 0.6 is 11.3 Å². The van der Waals surface area contributed by atoms with Crippen molar-refractivity contribution < 1.29 is 0 Å². The quantitative estimate of drug-likeness (QED) is 0.598. The van der Waals surface area contributed by atoms with Crippen LogP contribution in [0.15, 0.2) is 0 Å². The van der Waals surface area contributed by atoms with Gasteiger partial charge in [0.2, 0.25) is 5.13 Å². The average Bonchev–Trinajstić information content (AvgIpc) is 2.95. The van der Waals surface area contributed by atoms with Crippen molar-refractivity contribution in [2.75, 3.05) is 5.43 Å². The highest BCUT2D eigenvalue weighted by Gasteiger charge is 2.10. The zero-order chi connectivity index (χ0) is 12.3. The molecule has 0 atom stereocenters. The molecule has 3 N–H and O–H groups in total. The van der Waals surface area contributed by atoms with Gasteiger partial charge in [-0.15, -0.1) is 10.2 Å². The summed E-state index contributed by atoms with van der Waals surface area (Å²) in [5, 5.41) is 13.8. The lowest BCUT2D eigenvalue weighted by molar-refractivity contribution is 0.630. The maximum atomic E-state index is 5.26. The lowest BCUT2D eigenvalue weighted by Gasteiger charge is -1.99. The molecule has 0 amide bonds. The Hall–Kier alpha value is -1.54. The molecule has 0 aromatic carbocycles. The maximum absolute atomic E-state index is 5.26. The molecule has 2 aromatic heterocycles. The molecule has 0 bridgehead atoms. The van der Waals surface area contributed by atoms with Crippen LogP contribution in [0.4, 0.5) is 5.13 Å². The first-order valence-corrected chi connectivity index (χ1v) is 6.30. The first-order chi connectivity index (χ1) is 8.26. The SMILES string of the molecule is CCc1nc(CC)n(Cc2nnc(NN)s2)n1. The third kappa shape index (κ3) is 2.59. The highest BCUT2D eigenvalue weighted by Crippen LogP contribution is 2.15. The van der Waals surface area contributed by atoms with Crippen molar-refractivity contribution in [3.63, 3.8) is 0 Å². The minimum absolute atomic E-state index is 0.593. The summed E-state index contributed by atoms with van der Waals surface area (Å²) >= 11 is 1.42. The number of nitrogens with two attached hydrogens (primary N) is 1. The minimum atomic E-state index is 0.593. The van der Waals surface area contributed by atoms with Gasteiger partial charge in [0.1, 0.15) is 10.8 Å². The van der Waals surface area contributed by atoms with E-state index >= 15 is 0 Å². The summed E-state index contributed by atoms with van der Waals surface area (Å²) < 4.78 is 1.87. The molecule has 0 aliphatic carbocycles. The highest BCUT2D eigenvalue weighted by molar-refractivity contribution is 7.15. The molecule has 0 fully saturated rings. The van der Waals surface area contributed by atoms with Gasteiger partial charge in [0.25, 0.3) is 0 Å². The van der Waals surface area contributed by atoms with Gasteiger partial charge in [-0.3, -0.25) is 5.43 Å². The van der Waals surface area contributed by atoms with E-state index in [9.17, 15) is 0 Å². The van der Waals surface area contributed by atoms with Crippen LogP contribution in [0.3, 0.4) is 0 Å². The fraction of sp³-hybridized carbons (Fsp3) is 0.556. The number of aryl methyl sites for hydroxylation is 2. The Morgan fingerprint density at radius 1 is 1.29 bits per heavy atom. The highest BCUT2D eigenvalue weighted by atomic mass is 32.1. The van der Waals surface area contributed by atoms with E-state index in [1.54, 1.807) is 0 Å². The van der Waals surface area contributed by atoms with E-state index in [1.165, 1.54) is 11.3 Å². The van der Waals surface area contributed by atoms with Crippen LogP contribution in [0, 0.1) is 0 Å². The summed E-state index contributed by atoms with van der Waals surface area (Å²) in [5.74, 6) is 7.10. The van der Waals surface area contributed by atoms with Crippen LogP contribution in [0.2, 0.25) is 0 Å². The van der Waals surface area contributed by atoms with Crippen LogP contribution in [0.25, 0.3) is 0 Å². The van der Waals surface area contributed by atoms with Crippen LogP contribution in [-0.4, -0.2) is 25.0 Å². The molecule has 0 saturated carbocycles. The molecule has 2 heterocycles. The molecule has 0 saturated heterocycles. The van der Waals surface area contributed by atoms with E-state index in [-0.39, 0.29) is 0 Å². The summed E-state index contributed by atoms with van der Waals surface area (Å²) in [6.07, 6.45) is 1.69. The summed E-state index contributed by atoms with van der Waals surface area (Å²) in [4.78, 5) is 4.44. The Morgan fingerprint density at radius 2 is 2.12 bits per heavy atom. The third-order valence-electron chi connectivity index (χ3n) is 2.30. The molecule has 0 radical (unpaired) electrons. The van der Waals surface area contributed by atoms with Gasteiger partial charge in [0.05, 0.1) is 6.54 Å². The van der Waals surface area contributed by atoms with E-state index in [0.29, 0.717) is 11.7 Å². The van der Waals surface area contributed by atoms with Crippen molar-refractivity contribution in [3.8, 4) is 0 Å². The van der Waals surface area contributed by atoms with Crippen LogP contribution in [0.1, 0.15) is 30.5 Å². The molecule has 0 spiro atoms. The second-order valence-electron chi connectivity index (χ2n) is 3.45. The van der Waals surface area contributed by atoms with Gasteiger partial charge < -0.3 is 0 Å². The average molecular weight is 253 g/mol. The van der Waals surface area contributed by atoms with E-state index in [2.05, 4.69) is 32.6 Å². The summed E-state index contributed by atoms with van der Waals surface area (Å²) in [5.41, 5.74) is 2.48. The zero-order valence-corrected chi connectivity index (χ0v) is 10.7. The van der Waals surface area contributed by atoms with Crippen molar-refractivity contribution in [3.05, 3.63) is 16.7 Å². The largest absolute Gasteiger partial charge is 0.298 e. The fourth-order valence-electron chi connectivity index (χ4n) is 1.47. The smallest absolute Gasteiger partial charge is 0.219 e. The van der Waals surface area contributed by atoms with E-state index in [0.717, 1.165) is 29.5 Å².